The molecular formula is C34H36F3N3O3S. The minimum absolute atomic E-state index is 0.0526. The Kier molecular flexibility index (Phi) is 11.7. The van der Waals surface area contributed by atoms with Crippen molar-refractivity contribution in [1.82, 2.24) is 15.2 Å². The van der Waals surface area contributed by atoms with Crippen molar-refractivity contribution in [2.75, 3.05) is 20.3 Å². The molecule has 0 radical (unpaired) electrons. The van der Waals surface area contributed by atoms with Crippen LogP contribution in [0.25, 0.3) is 11.1 Å². The molecule has 0 aliphatic carbocycles. The van der Waals surface area contributed by atoms with Gasteiger partial charge in [-0.1, -0.05) is 72.8 Å². The van der Waals surface area contributed by atoms with E-state index in [-0.39, 0.29) is 23.3 Å². The minimum Gasteiger partial charge on any atom is -0.386 e. The molecule has 3 atom stereocenters. The summed E-state index contributed by atoms with van der Waals surface area (Å²) < 4.78 is 35.6. The zero-order chi connectivity index (χ0) is 31.6. The van der Waals surface area contributed by atoms with Crippen LogP contribution in [0.2, 0.25) is 0 Å². The van der Waals surface area contributed by atoms with Crippen LogP contribution in [-0.4, -0.2) is 53.1 Å². The number of aliphatic hydroxyl groups is 1. The van der Waals surface area contributed by atoms with Crippen molar-refractivity contribution in [3.63, 3.8) is 0 Å². The molecular weight excluding hydrogens is 587 g/mol. The van der Waals surface area contributed by atoms with Crippen molar-refractivity contribution in [2.24, 2.45) is 0 Å². The van der Waals surface area contributed by atoms with Crippen LogP contribution in [0.4, 0.5) is 13.2 Å². The Labute approximate surface area is 259 Å². The number of carbonyl (C=O) groups is 2. The standard InChI is InChI=1S/C33H33F2N3O3S.CH3F/c1-21(29(39)23-8-3-2-4-9-23)36-31(40)28-20-42-32(37-28)25-10-7-18-38(19-17-25)33(41)27-12-6-5-11-26(27)22-13-15-24(16-14-22)30(34)35;1-2/h2-6,8-9,11-16,20-21,25,29-30,39H,7,10,17-19H2,1H3,(H,36,40);1H3. The normalized spacial score (nSPS) is 16.3. The lowest BCUT2D eigenvalue weighted by atomic mass is 9.97. The van der Waals surface area contributed by atoms with Crippen LogP contribution in [0.1, 0.15) is 81.6 Å². The third-order valence-electron chi connectivity index (χ3n) is 7.72. The summed E-state index contributed by atoms with van der Waals surface area (Å²) in [6.07, 6.45) is -1.02. The molecule has 3 unspecified atom stereocenters. The highest BCUT2D eigenvalue weighted by Gasteiger charge is 2.27. The molecule has 2 amide bonds. The molecule has 44 heavy (non-hydrogen) atoms. The number of halogens is 3. The number of aromatic nitrogens is 1. The van der Waals surface area contributed by atoms with Gasteiger partial charge >= 0.3 is 0 Å². The van der Waals surface area contributed by atoms with E-state index in [9.17, 15) is 27.9 Å². The highest BCUT2D eigenvalue weighted by molar-refractivity contribution is 7.09. The van der Waals surface area contributed by atoms with Crippen LogP contribution in [0, 0.1) is 0 Å². The fourth-order valence-electron chi connectivity index (χ4n) is 5.32. The fraction of sp³-hybridized carbons (Fsp3) is 0.324. The first-order chi connectivity index (χ1) is 21.3. The number of hydrogen-bond acceptors (Lipinski definition) is 5. The van der Waals surface area contributed by atoms with Crippen LogP contribution < -0.4 is 5.32 Å². The predicted octanol–water partition coefficient (Wildman–Crippen LogP) is 7.60. The van der Waals surface area contributed by atoms with Gasteiger partial charge in [0.05, 0.1) is 24.3 Å². The molecule has 1 saturated heterocycles. The largest absolute Gasteiger partial charge is 0.386 e. The summed E-state index contributed by atoms with van der Waals surface area (Å²) in [6, 6.07) is 22.0. The molecule has 1 aliphatic rings. The number of benzene rings is 3. The van der Waals surface area contributed by atoms with Crippen molar-refractivity contribution >= 4 is 23.2 Å². The molecule has 232 valence electrons. The van der Waals surface area contributed by atoms with Crippen LogP contribution >= 0.6 is 11.3 Å². The van der Waals surface area contributed by atoms with Crippen molar-refractivity contribution in [1.29, 1.82) is 0 Å². The Morgan fingerprint density at radius 2 is 1.61 bits per heavy atom. The van der Waals surface area contributed by atoms with E-state index < -0.39 is 18.6 Å². The Hall–Kier alpha value is -4.02. The lowest BCUT2D eigenvalue weighted by molar-refractivity contribution is 0.0761. The molecule has 0 saturated carbocycles. The highest BCUT2D eigenvalue weighted by atomic mass is 32.1. The summed E-state index contributed by atoms with van der Waals surface area (Å²) in [4.78, 5) is 33.0. The van der Waals surface area contributed by atoms with Crippen molar-refractivity contribution in [2.45, 2.75) is 50.7 Å². The SMILES string of the molecule is CC(NC(=O)c1csc(C2CCCN(C(=O)c3ccccc3-c3ccc(C(F)F)cc3)CC2)n1)C(O)c1ccccc1.CF. The van der Waals surface area contributed by atoms with Gasteiger partial charge in [-0.25, -0.2) is 13.8 Å². The smallest absolute Gasteiger partial charge is 0.271 e. The zero-order valence-electron chi connectivity index (χ0n) is 24.6. The lowest BCUT2D eigenvalue weighted by Gasteiger charge is -2.22. The van der Waals surface area contributed by atoms with Crippen LogP contribution in [0.5, 0.6) is 0 Å². The number of aliphatic hydroxyl groups excluding tert-OH is 1. The second-order valence-electron chi connectivity index (χ2n) is 10.6. The molecule has 0 bridgehead atoms. The van der Waals surface area contributed by atoms with Gasteiger partial charge in [0, 0.05) is 35.5 Å². The molecule has 3 aromatic carbocycles. The second kappa shape index (κ2) is 15.6. The number of rotatable bonds is 8. The summed E-state index contributed by atoms with van der Waals surface area (Å²) >= 11 is 1.44. The molecule has 0 spiro atoms. The number of alkyl halides is 3. The Balaban J connectivity index is 0.00000216. The van der Waals surface area contributed by atoms with Crippen LogP contribution in [0.15, 0.2) is 84.2 Å². The van der Waals surface area contributed by atoms with Gasteiger partial charge in [-0.2, -0.15) is 0 Å². The van der Waals surface area contributed by atoms with Crippen molar-refractivity contribution in [3.05, 3.63) is 112 Å². The van der Waals surface area contributed by atoms with Gasteiger partial charge in [0.15, 0.2) is 0 Å². The van der Waals surface area contributed by atoms with E-state index in [1.165, 1.54) is 23.5 Å². The molecule has 2 heterocycles. The molecule has 1 aromatic heterocycles. The first-order valence-corrected chi connectivity index (χ1v) is 15.3. The van der Waals surface area contributed by atoms with Gasteiger partial charge in [0.25, 0.3) is 18.2 Å². The number of likely N-dealkylation sites (tertiary alicyclic amines) is 1. The molecule has 2 N–H and O–H groups in total. The van der Waals surface area contributed by atoms with E-state index in [4.69, 9.17) is 0 Å². The number of nitrogens with one attached hydrogen (secondary N) is 1. The molecule has 4 aromatic rings. The number of nitrogens with zero attached hydrogens (tertiary/aromatic N) is 2. The Morgan fingerprint density at radius 3 is 2.32 bits per heavy atom. The van der Waals surface area contributed by atoms with Gasteiger partial charge < -0.3 is 15.3 Å². The molecule has 1 aliphatic heterocycles. The first kappa shape index (κ1) is 32.9. The van der Waals surface area contributed by atoms with E-state index in [1.807, 2.05) is 53.4 Å². The molecule has 10 heteroatoms. The zero-order valence-corrected chi connectivity index (χ0v) is 25.4. The first-order valence-electron chi connectivity index (χ1n) is 14.5. The summed E-state index contributed by atoms with van der Waals surface area (Å²) in [5.41, 5.74) is 2.98. The van der Waals surface area contributed by atoms with Gasteiger partial charge in [-0.3, -0.25) is 14.0 Å². The molecule has 1 fully saturated rings. The molecule has 6 nitrogen and oxygen atoms in total. The maximum atomic E-state index is 13.6. The van der Waals surface area contributed by atoms with E-state index in [2.05, 4.69) is 10.3 Å². The van der Waals surface area contributed by atoms with E-state index in [1.54, 1.807) is 30.5 Å². The average Bonchev–Trinajstić information content (AvgIpc) is 3.44. The average molecular weight is 624 g/mol. The van der Waals surface area contributed by atoms with Crippen molar-refractivity contribution in [3.8, 4) is 11.1 Å². The number of thiazole rings is 1. The van der Waals surface area contributed by atoms with Crippen LogP contribution in [0.3, 0.4) is 0 Å². The summed E-state index contributed by atoms with van der Waals surface area (Å²) in [5.74, 6) is -0.295. The fourth-order valence-corrected chi connectivity index (χ4v) is 6.30. The van der Waals surface area contributed by atoms with Gasteiger partial charge in [-0.05, 0) is 48.9 Å². The Morgan fingerprint density at radius 1 is 0.932 bits per heavy atom. The predicted molar refractivity (Wildman–Crippen MR) is 167 cm³/mol. The monoisotopic (exact) mass is 623 g/mol. The van der Waals surface area contributed by atoms with E-state index >= 15 is 0 Å². The summed E-state index contributed by atoms with van der Waals surface area (Å²) in [5, 5.41) is 16.1. The minimum atomic E-state index is -2.54. The number of amides is 2. The van der Waals surface area contributed by atoms with Crippen molar-refractivity contribution < 1.29 is 27.9 Å². The maximum Gasteiger partial charge on any atom is 0.271 e. The van der Waals surface area contributed by atoms with Gasteiger partial charge in [0.1, 0.15) is 5.69 Å². The lowest BCUT2D eigenvalue weighted by Crippen LogP contribution is -2.37. The van der Waals surface area contributed by atoms with Gasteiger partial charge in [-0.15, -0.1) is 11.3 Å². The van der Waals surface area contributed by atoms with E-state index in [0.717, 1.165) is 29.0 Å². The Bertz CT molecular complexity index is 1510. The van der Waals surface area contributed by atoms with Crippen LogP contribution in [-0.2, 0) is 0 Å². The quantitative estimate of drug-likeness (QED) is 0.212. The third-order valence-corrected chi connectivity index (χ3v) is 8.73. The summed E-state index contributed by atoms with van der Waals surface area (Å²) in [7, 11) is 0.500. The maximum absolute atomic E-state index is 13.6. The summed E-state index contributed by atoms with van der Waals surface area (Å²) in [6.45, 7) is 2.90. The van der Waals surface area contributed by atoms with E-state index in [0.29, 0.717) is 43.5 Å². The number of carbonyl (C=O) groups excluding carboxylic acids is 2. The number of hydrogen-bond donors (Lipinski definition) is 2. The third kappa shape index (κ3) is 7.92. The highest BCUT2D eigenvalue weighted by Crippen LogP contribution is 2.32. The molecule has 5 rings (SSSR count). The van der Waals surface area contributed by atoms with Gasteiger partial charge in [0.2, 0.25) is 0 Å². The topological polar surface area (TPSA) is 82.5 Å². The second-order valence-corrected chi connectivity index (χ2v) is 11.5.